The number of hydrogen-bond donors (Lipinski definition) is 1. The summed E-state index contributed by atoms with van der Waals surface area (Å²) >= 11 is 6.07. The maximum absolute atomic E-state index is 6.78. The van der Waals surface area contributed by atoms with Gasteiger partial charge in [-0.3, -0.25) is 0 Å². The van der Waals surface area contributed by atoms with Crippen molar-refractivity contribution in [3.05, 3.63) is 94.8 Å². The largest absolute Gasteiger partial charge is 0.486 e. The van der Waals surface area contributed by atoms with Crippen LogP contribution in [0.5, 0.6) is 5.75 Å². The number of nitrogens with zero attached hydrogens (tertiary/aromatic N) is 3. The number of ether oxygens (including phenoxy) is 1. The second kappa shape index (κ2) is 18.7. The smallest absolute Gasteiger partial charge is 0.148 e. The summed E-state index contributed by atoms with van der Waals surface area (Å²) in [7, 11) is 0. The first-order valence-electron chi connectivity index (χ1n) is 14.9. The Morgan fingerprint density at radius 2 is 1.58 bits per heavy atom. The van der Waals surface area contributed by atoms with E-state index in [0.717, 1.165) is 55.9 Å². The lowest BCUT2D eigenvalue weighted by molar-refractivity contribution is 0.216. The third kappa shape index (κ3) is 10.8. The van der Waals surface area contributed by atoms with Crippen LogP contribution in [0.1, 0.15) is 55.5 Å². The summed E-state index contributed by atoms with van der Waals surface area (Å²) in [6, 6.07) is 25.0. The zero-order chi connectivity index (χ0) is 27.7. The Bertz CT molecular complexity index is 1340. The predicted molar refractivity (Wildman–Crippen MR) is 188 cm³/mol. The molecule has 0 spiro atoms. The van der Waals surface area contributed by atoms with Gasteiger partial charge in [0.2, 0.25) is 0 Å². The lowest BCUT2D eigenvalue weighted by Crippen LogP contribution is -2.35. The summed E-state index contributed by atoms with van der Waals surface area (Å²) in [4.78, 5) is 7.63. The average molecular weight is 669 g/mol. The molecule has 5 nitrogen and oxygen atoms in total. The van der Waals surface area contributed by atoms with Crippen LogP contribution in [0.2, 0.25) is 5.02 Å². The maximum atomic E-state index is 6.78. The number of rotatable bonds is 13. The van der Waals surface area contributed by atoms with E-state index in [1.54, 1.807) is 0 Å². The molecule has 1 fully saturated rings. The normalized spacial score (nSPS) is 14.7. The Balaban J connectivity index is 0.00000215. The van der Waals surface area contributed by atoms with Gasteiger partial charge >= 0.3 is 0 Å². The number of hydrogen-bond acceptors (Lipinski definition) is 4. The molecule has 4 aromatic rings. The highest BCUT2D eigenvalue weighted by Crippen LogP contribution is 2.26. The van der Waals surface area contributed by atoms with Crippen LogP contribution >= 0.6 is 48.8 Å². The van der Waals surface area contributed by atoms with Crippen LogP contribution < -0.4 is 10.5 Å². The molecule has 0 radical (unpaired) electrons. The van der Waals surface area contributed by atoms with Gasteiger partial charge in [-0.25, -0.2) is 4.98 Å². The second-order valence-corrected chi connectivity index (χ2v) is 11.8. The topological polar surface area (TPSA) is 56.3 Å². The van der Waals surface area contributed by atoms with E-state index in [9.17, 15) is 0 Å². The molecule has 0 bridgehead atoms. The number of halogens is 4. The molecule has 43 heavy (non-hydrogen) atoms. The minimum atomic E-state index is 0. The van der Waals surface area contributed by atoms with Gasteiger partial charge in [0.25, 0.3) is 0 Å². The van der Waals surface area contributed by atoms with Gasteiger partial charge in [-0.1, -0.05) is 60.5 Å². The summed E-state index contributed by atoms with van der Waals surface area (Å²) < 4.78 is 8.50. The molecular weight excluding hydrogens is 622 g/mol. The molecule has 3 aromatic carbocycles. The Morgan fingerprint density at radius 1 is 0.860 bits per heavy atom. The van der Waals surface area contributed by atoms with Gasteiger partial charge in [-0.2, -0.15) is 0 Å². The van der Waals surface area contributed by atoms with E-state index in [2.05, 4.69) is 64.9 Å². The standard InChI is InChI=1S/C34H43ClN4O.3ClH/c1-26-9-8-12-32-34(26)37-33(25-40-31-15-13-29(35)14-16-31)39(32)22-17-28(23-27-10-4-2-5-11-27)24-30(36)18-21-38-19-6-3-7-20-38;;;/h2,4-5,8-16,28,30H,3,6-7,17-25,36H2,1H3;3*1H. The first-order valence-corrected chi connectivity index (χ1v) is 15.3. The molecule has 2 heterocycles. The highest BCUT2D eigenvalue weighted by Gasteiger charge is 2.19. The quantitative estimate of drug-likeness (QED) is 0.155. The van der Waals surface area contributed by atoms with Crippen molar-refractivity contribution in [1.29, 1.82) is 0 Å². The third-order valence-electron chi connectivity index (χ3n) is 8.27. The molecule has 9 heteroatoms. The highest BCUT2D eigenvalue weighted by molar-refractivity contribution is 6.30. The van der Waals surface area contributed by atoms with Crippen molar-refractivity contribution in [2.45, 2.75) is 71.1 Å². The van der Waals surface area contributed by atoms with E-state index in [4.69, 9.17) is 27.1 Å². The molecule has 1 aliphatic heterocycles. The van der Waals surface area contributed by atoms with Gasteiger partial charge in [-0.05, 0) is 112 Å². The summed E-state index contributed by atoms with van der Waals surface area (Å²) in [5.41, 5.74) is 11.6. The van der Waals surface area contributed by atoms with Gasteiger partial charge < -0.3 is 19.9 Å². The molecule has 2 unspecified atom stereocenters. The van der Waals surface area contributed by atoms with Crippen molar-refractivity contribution in [3.63, 3.8) is 0 Å². The fraction of sp³-hybridized carbons (Fsp3) is 0.441. The number of fused-ring (bicyclic) bond motifs is 1. The molecule has 0 aliphatic carbocycles. The van der Waals surface area contributed by atoms with E-state index in [-0.39, 0.29) is 43.3 Å². The van der Waals surface area contributed by atoms with E-state index in [1.165, 1.54) is 49.0 Å². The molecule has 0 saturated carbocycles. The number of imidazole rings is 1. The average Bonchev–Trinajstić information content (AvgIpc) is 3.34. The molecule has 2 N–H and O–H groups in total. The van der Waals surface area contributed by atoms with Crippen LogP contribution in [-0.2, 0) is 19.6 Å². The summed E-state index contributed by atoms with van der Waals surface area (Å²) in [5, 5.41) is 0.703. The fourth-order valence-electron chi connectivity index (χ4n) is 6.01. The van der Waals surface area contributed by atoms with Gasteiger partial charge in [0.05, 0.1) is 11.0 Å². The first-order chi connectivity index (χ1) is 19.5. The van der Waals surface area contributed by atoms with Crippen molar-refractivity contribution in [3.8, 4) is 5.75 Å². The molecule has 1 aliphatic rings. The van der Waals surface area contributed by atoms with Crippen LogP contribution in [0, 0.1) is 12.8 Å². The fourth-order valence-corrected chi connectivity index (χ4v) is 6.14. The number of benzene rings is 3. The Kier molecular flexibility index (Phi) is 16.2. The van der Waals surface area contributed by atoms with Crippen molar-refractivity contribution in [1.82, 2.24) is 14.5 Å². The number of aromatic nitrogens is 2. The number of para-hydroxylation sites is 1. The van der Waals surface area contributed by atoms with Gasteiger partial charge in [0, 0.05) is 17.6 Å². The summed E-state index contributed by atoms with van der Waals surface area (Å²) in [5.74, 6) is 2.24. The Morgan fingerprint density at radius 3 is 2.30 bits per heavy atom. The van der Waals surface area contributed by atoms with Gasteiger partial charge in [-0.15, -0.1) is 37.2 Å². The van der Waals surface area contributed by atoms with Crippen LogP contribution in [-0.4, -0.2) is 40.1 Å². The number of likely N-dealkylation sites (tertiary alicyclic amines) is 1. The molecule has 1 saturated heterocycles. The van der Waals surface area contributed by atoms with Crippen molar-refractivity contribution in [2.24, 2.45) is 11.7 Å². The van der Waals surface area contributed by atoms with Crippen LogP contribution in [0.15, 0.2) is 72.8 Å². The molecule has 236 valence electrons. The van der Waals surface area contributed by atoms with Crippen molar-refractivity contribution in [2.75, 3.05) is 19.6 Å². The number of aryl methyl sites for hydroxylation is 2. The van der Waals surface area contributed by atoms with Crippen LogP contribution in [0.25, 0.3) is 11.0 Å². The molecular formula is C34H46Cl4N4O. The third-order valence-corrected chi connectivity index (χ3v) is 8.52. The summed E-state index contributed by atoms with van der Waals surface area (Å²) in [6.45, 7) is 7.01. The van der Waals surface area contributed by atoms with E-state index in [1.807, 2.05) is 24.3 Å². The summed E-state index contributed by atoms with van der Waals surface area (Å²) in [6.07, 6.45) is 8.21. The Hall–Kier alpha value is -1.99. The Labute approximate surface area is 280 Å². The lowest BCUT2D eigenvalue weighted by Gasteiger charge is -2.28. The molecule has 2 atom stereocenters. The highest BCUT2D eigenvalue weighted by atomic mass is 35.5. The predicted octanol–water partition coefficient (Wildman–Crippen LogP) is 8.68. The minimum Gasteiger partial charge on any atom is -0.486 e. The monoisotopic (exact) mass is 666 g/mol. The van der Waals surface area contributed by atoms with Crippen molar-refractivity contribution >= 4 is 59.9 Å². The zero-order valence-corrected chi connectivity index (χ0v) is 28.2. The second-order valence-electron chi connectivity index (χ2n) is 11.4. The van der Waals surface area contributed by atoms with Crippen LogP contribution in [0.4, 0.5) is 0 Å². The number of piperidine rings is 1. The SMILES string of the molecule is Cc1cccc2c1nc(COc1ccc(Cl)cc1)n2CCC(Cc1ccccc1)CC(N)CCN1CCCCC1.Cl.Cl.Cl. The lowest BCUT2D eigenvalue weighted by atomic mass is 9.89. The zero-order valence-electron chi connectivity index (χ0n) is 25.0. The first kappa shape index (κ1) is 37.2. The van der Waals surface area contributed by atoms with Gasteiger partial charge in [0.15, 0.2) is 0 Å². The number of nitrogens with two attached hydrogens (primary N) is 1. The van der Waals surface area contributed by atoms with E-state index < -0.39 is 0 Å². The minimum absolute atomic E-state index is 0. The van der Waals surface area contributed by atoms with E-state index >= 15 is 0 Å². The molecule has 0 amide bonds. The molecule has 5 rings (SSSR count). The maximum Gasteiger partial charge on any atom is 0.148 e. The van der Waals surface area contributed by atoms with Crippen LogP contribution in [0.3, 0.4) is 0 Å². The van der Waals surface area contributed by atoms with E-state index in [0.29, 0.717) is 17.5 Å². The van der Waals surface area contributed by atoms with Gasteiger partial charge in [0.1, 0.15) is 18.2 Å². The van der Waals surface area contributed by atoms with Crippen molar-refractivity contribution < 1.29 is 4.74 Å². The molecule has 1 aromatic heterocycles.